The molecule has 1 aromatic rings. The van der Waals surface area contributed by atoms with Gasteiger partial charge < -0.3 is 10.1 Å². The minimum absolute atomic E-state index is 0.0824. The fourth-order valence-corrected chi connectivity index (χ4v) is 2.44. The molecule has 0 heterocycles. The Morgan fingerprint density at radius 2 is 1.90 bits per heavy atom. The maximum absolute atomic E-state index is 14.4. The van der Waals surface area contributed by atoms with Crippen LogP contribution in [0.1, 0.15) is 44.4 Å². The largest absolute Gasteiger partial charge is 0.379 e. The maximum atomic E-state index is 14.4. The Morgan fingerprint density at radius 3 is 2.40 bits per heavy atom. The number of halogens is 2. The first-order valence-electron chi connectivity index (χ1n) is 7.14. The van der Waals surface area contributed by atoms with Crippen LogP contribution in [-0.4, -0.2) is 19.8 Å². The summed E-state index contributed by atoms with van der Waals surface area (Å²) in [5.41, 5.74) is 0.530. The second-order valence-corrected chi connectivity index (χ2v) is 5.47. The summed E-state index contributed by atoms with van der Waals surface area (Å²) >= 11 is 0. The highest BCUT2D eigenvalue weighted by atomic mass is 19.1. The quantitative estimate of drug-likeness (QED) is 0.818. The van der Waals surface area contributed by atoms with Gasteiger partial charge >= 0.3 is 0 Å². The van der Waals surface area contributed by atoms with Crippen LogP contribution >= 0.6 is 0 Å². The van der Waals surface area contributed by atoms with Crippen LogP contribution in [0, 0.1) is 24.5 Å². The normalized spacial score (nSPS) is 14.6. The van der Waals surface area contributed by atoms with E-state index in [4.69, 9.17) is 4.74 Å². The molecule has 0 aliphatic carbocycles. The SMILES string of the molecule is CCCNC(c1c(F)ccc(C)c1F)C(OC)C(C)C. The van der Waals surface area contributed by atoms with Crippen LogP contribution in [0.5, 0.6) is 0 Å². The Kier molecular flexibility index (Phi) is 6.56. The van der Waals surface area contributed by atoms with Crippen LogP contribution in [-0.2, 0) is 4.74 Å². The highest BCUT2D eigenvalue weighted by Gasteiger charge is 2.30. The average molecular weight is 285 g/mol. The molecule has 0 saturated carbocycles. The van der Waals surface area contributed by atoms with Crippen LogP contribution in [0.2, 0.25) is 0 Å². The summed E-state index contributed by atoms with van der Waals surface area (Å²) in [6.45, 7) is 8.32. The smallest absolute Gasteiger partial charge is 0.133 e. The molecule has 20 heavy (non-hydrogen) atoms. The summed E-state index contributed by atoms with van der Waals surface area (Å²) in [4.78, 5) is 0. The van der Waals surface area contributed by atoms with Gasteiger partial charge in [0.15, 0.2) is 0 Å². The number of aryl methyl sites for hydroxylation is 1. The van der Waals surface area contributed by atoms with Crippen molar-refractivity contribution in [2.45, 2.75) is 46.3 Å². The number of rotatable bonds is 7. The number of hydrogen-bond acceptors (Lipinski definition) is 2. The van der Waals surface area contributed by atoms with E-state index in [0.717, 1.165) is 6.42 Å². The molecule has 0 saturated heterocycles. The molecule has 0 spiro atoms. The molecule has 0 aliphatic heterocycles. The van der Waals surface area contributed by atoms with Crippen LogP contribution in [0.15, 0.2) is 12.1 Å². The first kappa shape index (κ1) is 17.1. The zero-order valence-electron chi connectivity index (χ0n) is 13.0. The minimum Gasteiger partial charge on any atom is -0.379 e. The van der Waals surface area contributed by atoms with E-state index in [1.807, 2.05) is 20.8 Å². The molecule has 0 aliphatic rings. The Labute approximate surface area is 120 Å². The predicted molar refractivity (Wildman–Crippen MR) is 77.8 cm³/mol. The lowest BCUT2D eigenvalue weighted by atomic mass is 9.91. The third kappa shape index (κ3) is 3.76. The maximum Gasteiger partial charge on any atom is 0.133 e. The second-order valence-electron chi connectivity index (χ2n) is 5.47. The molecule has 1 aromatic carbocycles. The number of hydrogen-bond donors (Lipinski definition) is 1. The summed E-state index contributed by atoms with van der Waals surface area (Å²) in [6.07, 6.45) is 0.604. The van der Waals surface area contributed by atoms with Crippen molar-refractivity contribution >= 4 is 0 Å². The number of ether oxygens (including phenoxy) is 1. The summed E-state index contributed by atoms with van der Waals surface area (Å²) < 4.78 is 34.0. The molecule has 2 atom stereocenters. The summed E-state index contributed by atoms with van der Waals surface area (Å²) in [5.74, 6) is -0.862. The van der Waals surface area contributed by atoms with Crippen molar-refractivity contribution in [1.29, 1.82) is 0 Å². The Balaban J connectivity index is 3.26. The molecule has 0 aromatic heterocycles. The fourth-order valence-electron chi connectivity index (χ4n) is 2.44. The van der Waals surface area contributed by atoms with Crippen molar-refractivity contribution in [3.63, 3.8) is 0 Å². The molecule has 4 heteroatoms. The van der Waals surface area contributed by atoms with Gasteiger partial charge in [0, 0.05) is 12.7 Å². The number of methoxy groups -OCH3 is 1. The molecule has 0 bridgehead atoms. The van der Waals surface area contributed by atoms with Gasteiger partial charge in [-0.05, 0) is 37.4 Å². The molecule has 1 rings (SSSR count). The lowest BCUT2D eigenvalue weighted by Crippen LogP contribution is -2.38. The third-order valence-corrected chi connectivity index (χ3v) is 3.50. The summed E-state index contributed by atoms with van der Waals surface area (Å²) in [7, 11) is 1.58. The lowest BCUT2D eigenvalue weighted by Gasteiger charge is -2.31. The zero-order valence-corrected chi connectivity index (χ0v) is 13.0. The van der Waals surface area contributed by atoms with E-state index in [1.54, 1.807) is 14.0 Å². The standard InChI is InChI=1S/C16H25F2NO/c1-6-9-19-15(16(20-5)10(2)3)13-12(17)8-7-11(4)14(13)18/h7-8,10,15-16,19H,6,9H2,1-5H3. The summed E-state index contributed by atoms with van der Waals surface area (Å²) in [5, 5.41) is 3.22. The van der Waals surface area contributed by atoms with Crippen molar-refractivity contribution in [3.05, 3.63) is 34.9 Å². The van der Waals surface area contributed by atoms with Crippen LogP contribution in [0.3, 0.4) is 0 Å². The van der Waals surface area contributed by atoms with E-state index in [-0.39, 0.29) is 17.6 Å². The molecular formula is C16H25F2NO. The first-order valence-corrected chi connectivity index (χ1v) is 7.14. The Hall–Kier alpha value is -1.00. The molecule has 1 N–H and O–H groups in total. The van der Waals surface area contributed by atoms with Gasteiger partial charge in [-0.2, -0.15) is 0 Å². The molecule has 0 amide bonds. The van der Waals surface area contributed by atoms with Gasteiger partial charge in [0.1, 0.15) is 11.6 Å². The van der Waals surface area contributed by atoms with E-state index in [0.29, 0.717) is 12.1 Å². The van der Waals surface area contributed by atoms with Crippen molar-refractivity contribution in [2.24, 2.45) is 5.92 Å². The lowest BCUT2D eigenvalue weighted by molar-refractivity contribution is 0.0305. The second kappa shape index (κ2) is 7.70. The van der Waals surface area contributed by atoms with Gasteiger partial charge in [-0.25, -0.2) is 8.78 Å². The number of benzene rings is 1. The van der Waals surface area contributed by atoms with E-state index in [1.165, 1.54) is 12.1 Å². The van der Waals surface area contributed by atoms with Crippen molar-refractivity contribution < 1.29 is 13.5 Å². The van der Waals surface area contributed by atoms with Gasteiger partial charge in [-0.15, -0.1) is 0 Å². The van der Waals surface area contributed by atoms with Crippen LogP contribution in [0.25, 0.3) is 0 Å². The first-order chi connectivity index (χ1) is 9.43. The molecule has 2 unspecified atom stereocenters. The van der Waals surface area contributed by atoms with Gasteiger partial charge in [0.05, 0.1) is 12.1 Å². The monoisotopic (exact) mass is 285 g/mol. The Morgan fingerprint density at radius 1 is 1.25 bits per heavy atom. The van der Waals surface area contributed by atoms with Crippen molar-refractivity contribution in [2.75, 3.05) is 13.7 Å². The summed E-state index contributed by atoms with van der Waals surface area (Å²) in [6, 6.07) is 2.30. The van der Waals surface area contributed by atoms with Crippen molar-refractivity contribution in [1.82, 2.24) is 5.32 Å². The van der Waals surface area contributed by atoms with Gasteiger partial charge in [0.2, 0.25) is 0 Å². The zero-order chi connectivity index (χ0) is 15.3. The third-order valence-electron chi connectivity index (χ3n) is 3.50. The highest BCUT2D eigenvalue weighted by molar-refractivity contribution is 5.30. The average Bonchev–Trinajstić information content (AvgIpc) is 2.40. The van der Waals surface area contributed by atoms with E-state index in [9.17, 15) is 8.78 Å². The predicted octanol–water partition coefficient (Wildman–Crippen LogP) is 3.98. The fraction of sp³-hybridized carbons (Fsp3) is 0.625. The molecule has 114 valence electrons. The highest BCUT2D eigenvalue weighted by Crippen LogP contribution is 2.30. The molecule has 0 radical (unpaired) electrons. The van der Waals surface area contributed by atoms with Gasteiger partial charge in [-0.1, -0.05) is 26.8 Å². The van der Waals surface area contributed by atoms with E-state index < -0.39 is 17.7 Å². The molecule has 2 nitrogen and oxygen atoms in total. The van der Waals surface area contributed by atoms with E-state index in [2.05, 4.69) is 5.32 Å². The Bertz CT molecular complexity index is 435. The topological polar surface area (TPSA) is 21.3 Å². The van der Waals surface area contributed by atoms with E-state index >= 15 is 0 Å². The minimum atomic E-state index is -0.524. The van der Waals surface area contributed by atoms with Gasteiger partial charge in [0.25, 0.3) is 0 Å². The van der Waals surface area contributed by atoms with Crippen molar-refractivity contribution in [3.8, 4) is 0 Å². The molecule has 0 fully saturated rings. The molecular weight excluding hydrogens is 260 g/mol. The van der Waals surface area contributed by atoms with Crippen LogP contribution < -0.4 is 5.32 Å². The van der Waals surface area contributed by atoms with Crippen LogP contribution in [0.4, 0.5) is 8.78 Å². The number of nitrogens with one attached hydrogen (secondary N) is 1. The van der Waals surface area contributed by atoms with Gasteiger partial charge in [-0.3, -0.25) is 0 Å².